The molecule has 1 heterocycles. The fourth-order valence-corrected chi connectivity index (χ4v) is 1.48. The van der Waals surface area contributed by atoms with E-state index < -0.39 is 0 Å². The largest absolute Gasteiger partial charge is 0.384 e. The van der Waals surface area contributed by atoms with E-state index in [1.165, 1.54) is 0 Å². The molecule has 1 aromatic carbocycles. The minimum atomic E-state index is 0. The molecule has 4 nitrogen and oxygen atoms in total. The van der Waals surface area contributed by atoms with Gasteiger partial charge in [0.05, 0.1) is 0 Å². The second-order valence-corrected chi connectivity index (χ2v) is 3.70. The number of anilines is 3. The summed E-state index contributed by atoms with van der Waals surface area (Å²) in [5.74, 6) is 1.01. The molecule has 0 radical (unpaired) electrons. The second kappa shape index (κ2) is 5.50. The predicted molar refractivity (Wildman–Crippen MR) is 72.9 cm³/mol. The normalized spacial score (nSPS) is 9.53. The molecule has 0 fully saturated rings. The van der Waals surface area contributed by atoms with Gasteiger partial charge in [0.2, 0.25) is 5.95 Å². The van der Waals surface area contributed by atoms with Crippen LogP contribution in [0.2, 0.25) is 0 Å². The van der Waals surface area contributed by atoms with E-state index in [9.17, 15) is 0 Å². The van der Waals surface area contributed by atoms with E-state index >= 15 is 0 Å². The van der Waals surface area contributed by atoms with Gasteiger partial charge >= 0.3 is 0 Å². The van der Waals surface area contributed by atoms with Crippen LogP contribution in [0.4, 0.5) is 17.5 Å². The summed E-state index contributed by atoms with van der Waals surface area (Å²) in [5, 5.41) is 3.15. The third kappa shape index (κ3) is 3.32. The van der Waals surface area contributed by atoms with Crippen molar-refractivity contribution in [2.75, 3.05) is 11.1 Å². The second-order valence-electron chi connectivity index (χ2n) is 3.70. The highest BCUT2D eigenvalue weighted by molar-refractivity contribution is 5.85. The van der Waals surface area contributed by atoms with Gasteiger partial charge in [-0.25, -0.2) is 4.98 Å². The van der Waals surface area contributed by atoms with Crippen LogP contribution < -0.4 is 11.1 Å². The first-order valence-electron chi connectivity index (χ1n) is 5.09. The Hall–Kier alpha value is -1.81. The van der Waals surface area contributed by atoms with Crippen molar-refractivity contribution in [2.45, 2.75) is 13.8 Å². The maximum absolute atomic E-state index is 5.66. The van der Waals surface area contributed by atoms with Crippen molar-refractivity contribution in [2.24, 2.45) is 0 Å². The fourth-order valence-electron chi connectivity index (χ4n) is 1.48. The number of aromatic nitrogens is 2. The number of rotatable bonds is 2. The van der Waals surface area contributed by atoms with Crippen molar-refractivity contribution >= 4 is 29.9 Å². The van der Waals surface area contributed by atoms with Gasteiger partial charge in [0, 0.05) is 17.4 Å². The van der Waals surface area contributed by atoms with Crippen molar-refractivity contribution in [3.8, 4) is 0 Å². The first-order valence-corrected chi connectivity index (χ1v) is 5.09. The van der Waals surface area contributed by atoms with Crippen LogP contribution in [0.5, 0.6) is 0 Å². The van der Waals surface area contributed by atoms with Crippen molar-refractivity contribution < 1.29 is 0 Å². The molecule has 0 atom stereocenters. The first-order chi connectivity index (χ1) is 7.65. The smallest absolute Gasteiger partial charge is 0.229 e. The summed E-state index contributed by atoms with van der Waals surface area (Å²) in [6, 6.07) is 9.71. The van der Waals surface area contributed by atoms with E-state index in [0.29, 0.717) is 11.8 Å². The zero-order chi connectivity index (χ0) is 11.5. The lowest BCUT2D eigenvalue weighted by Gasteiger charge is -2.08. The molecule has 0 aliphatic heterocycles. The van der Waals surface area contributed by atoms with Gasteiger partial charge in [0.1, 0.15) is 5.82 Å². The van der Waals surface area contributed by atoms with Gasteiger partial charge in [0.15, 0.2) is 0 Å². The molecule has 0 aliphatic rings. The minimum Gasteiger partial charge on any atom is -0.384 e. The van der Waals surface area contributed by atoms with Crippen molar-refractivity contribution in [1.29, 1.82) is 0 Å². The Kier molecular flexibility index (Phi) is 4.29. The lowest BCUT2D eigenvalue weighted by molar-refractivity contribution is 1.11. The van der Waals surface area contributed by atoms with Crippen LogP contribution in [-0.2, 0) is 0 Å². The Labute approximate surface area is 107 Å². The third-order valence-corrected chi connectivity index (χ3v) is 2.27. The van der Waals surface area contributed by atoms with E-state index in [1.54, 1.807) is 6.07 Å². The Morgan fingerprint density at radius 1 is 1.12 bits per heavy atom. The van der Waals surface area contributed by atoms with Crippen LogP contribution in [0.25, 0.3) is 0 Å². The number of benzene rings is 1. The van der Waals surface area contributed by atoms with Gasteiger partial charge in [-0.05, 0) is 25.5 Å². The summed E-state index contributed by atoms with van der Waals surface area (Å²) in [6.07, 6.45) is 0. The van der Waals surface area contributed by atoms with Gasteiger partial charge in [-0.1, -0.05) is 18.2 Å². The number of halogens is 1. The molecule has 0 bridgehead atoms. The number of nitrogens with two attached hydrogens (primary N) is 1. The van der Waals surface area contributed by atoms with E-state index in [1.807, 2.05) is 38.1 Å². The van der Waals surface area contributed by atoms with Crippen LogP contribution in [0.1, 0.15) is 11.3 Å². The number of nitrogens with one attached hydrogen (secondary N) is 1. The van der Waals surface area contributed by atoms with Crippen LogP contribution in [0.15, 0.2) is 30.3 Å². The van der Waals surface area contributed by atoms with E-state index in [4.69, 9.17) is 5.73 Å². The molecule has 17 heavy (non-hydrogen) atoms. The summed E-state index contributed by atoms with van der Waals surface area (Å²) in [4.78, 5) is 8.39. The Bertz CT molecular complexity index is 493. The predicted octanol–water partition coefficient (Wildman–Crippen LogP) is 2.84. The van der Waals surface area contributed by atoms with E-state index in [0.717, 1.165) is 16.9 Å². The highest BCUT2D eigenvalue weighted by atomic mass is 35.5. The van der Waals surface area contributed by atoms with Crippen molar-refractivity contribution in [1.82, 2.24) is 9.97 Å². The molecule has 3 N–H and O–H groups in total. The summed E-state index contributed by atoms with van der Waals surface area (Å²) < 4.78 is 0. The van der Waals surface area contributed by atoms with Gasteiger partial charge in [-0.2, -0.15) is 4.98 Å². The average molecular weight is 251 g/mol. The molecule has 0 saturated heterocycles. The monoisotopic (exact) mass is 250 g/mol. The minimum absolute atomic E-state index is 0. The van der Waals surface area contributed by atoms with Gasteiger partial charge in [0.25, 0.3) is 0 Å². The summed E-state index contributed by atoms with van der Waals surface area (Å²) >= 11 is 0. The molecular formula is C12H15ClN4. The van der Waals surface area contributed by atoms with Crippen LogP contribution in [0.3, 0.4) is 0 Å². The van der Waals surface area contributed by atoms with Crippen LogP contribution in [-0.4, -0.2) is 9.97 Å². The Morgan fingerprint density at radius 2 is 1.82 bits per heavy atom. The lowest BCUT2D eigenvalue weighted by atomic mass is 10.2. The molecule has 0 aliphatic carbocycles. The van der Waals surface area contributed by atoms with Crippen LogP contribution >= 0.6 is 12.4 Å². The molecule has 0 spiro atoms. The van der Waals surface area contributed by atoms with Crippen molar-refractivity contribution in [3.05, 3.63) is 41.6 Å². The van der Waals surface area contributed by atoms with Gasteiger partial charge in [-0.15, -0.1) is 12.4 Å². The van der Waals surface area contributed by atoms with Crippen molar-refractivity contribution in [3.63, 3.8) is 0 Å². The number of nitrogen functional groups attached to an aromatic ring is 1. The summed E-state index contributed by atoms with van der Waals surface area (Å²) in [7, 11) is 0. The molecule has 0 saturated carbocycles. The Balaban J connectivity index is 0.00000144. The van der Waals surface area contributed by atoms with E-state index in [2.05, 4.69) is 15.3 Å². The zero-order valence-electron chi connectivity index (χ0n) is 9.77. The van der Waals surface area contributed by atoms with Gasteiger partial charge < -0.3 is 11.1 Å². The molecule has 90 valence electrons. The SMILES string of the molecule is Cc1cc(N)nc(Nc2ccccc2C)n1.Cl. The number of para-hydroxylation sites is 1. The molecule has 2 aromatic rings. The maximum Gasteiger partial charge on any atom is 0.229 e. The summed E-state index contributed by atoms with van der Waals surface area (Å²) in [6.45, 7) is 3.92. The van der Waals surface area contributed by atoms with Gasteiger partial charge in [-0.3, -0.25) is 0 Å². The third-order valence-electron chi connectivity index (χ3n) is 2.27. The molecule has 1 aromatic heterocycles. The van der Waals surface area contributed by atoms with Crippen LogP contribution in [0, 0.1) is 13.8 Å². The quantitative estimate of drug-likeness (QED) is 0.860. The number of hydrogen-bond acceptors (Lipinski definition) is 4. The maximum atomic E-state index is 5.66. The molecular weight excluding hydrogens is 236 g/mol. The standard InChI is InChI=1S/C12H14N4.ClH/c1-8-5-3-4-6-10(8)15-12-14-9(2)7-11(13)16-12;/h3-7H,1-2H3,(H3,13,14,15,16);1H. The molecule has 5 heteroatoms. The molecule has 0 unspecified atom stereocenters. The highest BCUT2D eigenvalue weighted by Crippen LogP contribution is 2.18. The highest BCUT2D eigenvalue weighted by Gasteiger charge is 2.02. The van der Waals surface area contributed by atoms with E-state index in [-0.39, 0.29) is 12.4 Å². The number of aryl methyl sites for hydroxylation is 2. The lowest BCUT2D eigenvalue weighted by Crippen LogP contribution is -2.02. The zero-order valence-corrected chi connectivity index (χ0v) is 10.6. The Morgan fingerprint density at radius 3 is 2.47 bits per heavy atom. The fraction of sp³-hybridized carbons (Fsp3) is 0.167. The first kappa shape index (κ1) is 13.3. The topological polar surface area (TPSA) is 63.8 Å². The summed E-state index contributed by atoms with van der Waals surface area (Å²) in [5.41, 5.74) is 8.65. The molecule has 0 amide bonds. The molecule has 2 rings (SSSR count). The number of nitrogens with zero attached hydrogens (tertiary/aromatic N) is 2. The number of hydrogen-bond donors (Lipinski definition) is 2. The average Bonchev–Trinajstić information content (AvgIpc) is 2.20.